The number of nitrogens with zero attached hydrogens (tertiary/aromatic N) is 4. The number of hydrogen-bond acceptors (Lipinski definition) is 4. The Bertz CT molecular complexity index is 1340. The monoisotopic (exact) mass is 492 g/mol. The van der Waals surface area contributed by atoms with Crippen LogP contribution >= 0.6 is 0 Å². The standard InChI is InChI=1S/C27H23F3N4O2/c1-4-9-19(5-2)24(20-10-7-6-8-11-20)32-23-16-31-34-18(3)17-33(26(35)25(23)34)21-12-14-22(15-13-21)36-27(28,29)30/h4-16,18H,1-2,17H2,3H3/b19-9+,32-24?. The molecule has 0 saturated heterocycles. The molecule has 0 spiro atoms. The molecule has 3 aromatic rings. The van der Waals surface area contributed by atoms with Crippen molar-refractivity contribution in [3.8, 4) is 5.75 Å². The minimum absolute atomic E-state index is 0.199. The molecule has 2 heterocycles. The van der Waals surface area contributed by atoms with E-state index in [-0.39, 0.29) is 29.9 Å². The second-order valence-electron chi connectivity index (χ2n) is 8.02. The zero-order chi connectivity index (χ0) is 25.9. The van der Waals surface area contributed by atoms with E-state index >= 15 is 0 Å². The van der Waals surface area contributed by atoms with Crippen molar-refractivity contribution in [2.45, 2.75) is 19.3 Å². The molecule has 9 heteroatoms. The van der Waals surface area contributed by atoms with Gasteiger partial charge in [-0.25, -0.2) is 4.99 Å². The number of allylic oxidation sites excluding steroid dienone is 4. The molecule has 2 aromatic carbocycles. The second kappa shape index (κ2) is 10.1. The highest BCUT2D eigenvalue weighted by Gasteiger charge is 2.34. The van der Waals surface area contributed by atoms with Gasteiger partial charge in [-0.15, -0.1) is 13.2 Å². The fourth-order valence-corrected chi connectivity index (χ4v) is 3.96. The van der Waals surface area contributed by atoms with Crippen molar-refractivity contribution < 1.29 is 22.7 Å². The first-order valence-corrected chi connectivity index (χ1v) is 11.1. The number of halogens is 3. The Morgan fingerprint density at radius 2 is 1.83 bits per heavy atom. The zero-order valence-electron chi connectivity index (χ0n) is 19.4. The molecule has 0 N–H and O–H groups in total. The predicted molar refractivity (Wildman–Crippen MR) is 133 cm³/mol. The number of carbonyl (C=O) groups is 1. The van der Waals surface area contributed by atoms with Crippen molar-refractivity contribution in [3.05, 3.63) is 109 Å². The van der Waals surface area contributed by atoms with Crippen molar-refractivity contribution in [2.75, 3.05) is 11.4 Å². The Morgan fingerprint density at radius 1 is 1.14 bits per heavy atom. The number of rotatable bonds is 7. The molecule has 0 radical (unpaired) electrons. The number of ether oxygens (including phenoxy) is 1. The van der Waals surface area contributed by atoms with Crippen LogP contribution in [0.2, 0.25) is 0 Å². The Hall–Kier alpha value is -4.40. The van der Waals surface area contributed by atoms with Crippen LogP contribution in [0.4, 0.5) is 24.5 Å². The minimum atomic E-state index is -4.79. The molecule has 1 aliphatic heterocycles. The third kappa shape index (κ3) is 5.14. The predicted octanol–water partition coefficient (Wildman–Crippen LogP) is 6.42. The molecule has 1 aliphatic rings. The van der Waals surface area contributed by atoms with Gasteiger partial charge in [-0.3, -0.25) is 9.48 Å². The van der Waals surface area contributed by atoms with Gasteiger partial charge in [0.2, 0.25) is 0 Å². The summed E-state index contributed by atoms with van der Waals surface area (Å²) in [5.74, 6) is -0.730. The molecular weight excluding hydrogens is 469 g/mol. The maximum atomic E-state index is 13.6. The van der Waals surface area contributed by atoms with Crippen LogP contribution in [0.15, 0.2) is 103 Å². The molecule has 0 bridgehead atoms. The lowest BCUT2D eigenvalue weighted by Gasteiger charge is -2.32. The van der Waals surface area contributed by atoms with Gasteiger partial charge < -0.3 is 9.64 Å². The Labute approximate surface area is 206 Å². The van der Waals surface area contributed by atoms with E-state index in [0.29, 0.717) is 22.7 Å². The third-order valence-electron chi connectivity index (χ3n) is 5.54. The largest absolute Gasteiger partial charge is 0.573 e. The van der Waals surface area contributed by atoms with E-state index in [9.17, 15) is 18.0 Å². The molecule has 0 fully saturated rings. The van der Waals surface area contributed by atoms with Gasteiger partial charge >= 0.3 is 6.36 Å². The van der Waals surface area contributed by atoms with Crippen molar-refractivity contribution in [3.63, 3.8) is 0 Å². The topological polar surface area (TPSA) is 59.7 Å². The lowest BCUT2D eigenvalue weighted by Crippen LogP contribution is -2.42. The Kier molecular flexibility index (Phi) is 6.91. The lowest BCUT2D eigenvalue weighted by molar-refractivity contribution is -0.274. The van der Waals surface area contributed by atoms with Gasteiger partial charge in [0, 0.05) is 23.4 Å². The number of amides is 1. The summed E-state index contributed by atoms with van der Waals surface area (Å²) in [5, 5.41) is 4.40. The number of aliphatic imine (C=N–C) groups is 1. The number of hydrogen-bond donors (Lipinski definition) is 0. The Morgan fingerprint density at radius 3 is 2.44 bits per heavy atom. The summed E-state index contributed by atoms with van der Waals surface area (Å²) in [6.45, 7) is 9.82. The van der Waals surface area contributed by atoms with Gasteiger partial charge in [-0.1, -0.05) is 61.7 Å². The summed E-state index contributed by atoms with van der Waals surface area (Å²) in [6.07, 6.45) is 1.80. The first-order valence-electron chi connectivity index (χ1n) is 11.1. The van der Waals surface area contributed by atoms with Crippen LogP contribution < -0.4 is 9.64 Å². The number of aromatic nitrogens is 2. The molecule has 1 atom stereocenters. The lowest BCUT2D eigenvalue weighted by atomic mass is 10.0. The Balaban J connectivity index is 1.75. The minimum Gasteiger partial charge on any atom is -0.406 e. The average molecular weight is 493 g/mol. The van der Waals surface area contributed by atoms with E-state index in [0.717, 1.165) is 5.56 Å². The maximum absolute atomic E-state index is 13.6. The van der Waals surface area contributed by atoms with Crippen LogP contribution in [0.5, 0.6) is 5.75 Å². The van der Waals surface area contributed by atoms with Crippen molar-refractivity contribution in [2.24, 2.45) is 4.99 Å². The first kappa shape index (κ1) is 24.7. The van der Waals surface area contributed by atoms with Gasteiger partial charge in [0.15, 0.2) is 5.69 Å². The third-order valence-corrected chi connectivity index (χ3v) is 5.54. The number of anilines is 1. The smallest absolute Gasteiger partial charge is 0.406 e. The van der Waals surface area contributed by atoms with Crippen molar-refractivity contribution in [1.29, 1.82) is 0 Å². The van der Waals surface area contributed by atoms with E-state index in [2.05, 4.69) is 23.0 Å². The van der Waals surface area contributed by atoms with Crippen LogP contribution in [0.3, 0.4) is 0 Å². The van der Waals surface area contributed by atoms with Gasteiger partial charge in [0.1, 0.15) is 11.4 Å². The molecule has 1 unspecified atom stereocenters. The molecule has 4 rings (SSSR count). The van der Waals surface area contributed by atoms with Crippen LogP contribution in [-0.4, -0.2) is 34.3 Å². The van der Waals surface area contributed by atoms with Crippen LogP contribution in [-0.2, 0) is 0 Å². The highest BCUT2D eigenvalue weighted by atomic mass is 19.4. The van der Waals surface area contributed by atoms with E-state index in [1.807, 2.05) is 37.3 Å². The van der Waals surface area contributed by atoms with E-state index in [4.69, 9.17) is 4.99 Å². The molecule has 0 aliphatic carbocycles. The highest BCUT2D eigenvalue weighted by Crippen LogP contribution is 2.33. The second-order valence-corrected chi connectivity index (χ2v) is 8.02. The first-order chi connectivity index (χ1) is 17.2. The quantitative estimate of drug-likeness (QED) is 0.282. The van der Waals surface area contributed by atoms with E-state index < -0.39 is 6.36 Å². The summed E-state index contributed by atoms with van der Waals surface area (Å²) >= 11 is 0. The fourth-order valence-electron chi connectivity index (χ4n) is 3.96. The molecule has 1 amide bonds. The number of benzene rings is 2. The number of alkyl halides is 3. The average Bonchev–Trinajstić information content (AvgIpc) is 3.28. The van der Waals surface area contributed by atoms with E-state index in [1.165, 1.54) is 35.4 Å². The number of carbonyl (C=O) groups excluding carboxylic acids is 1. The zero-order valence-corrected chi connectivity index (χ0v) is 19.4. The fraction of sp³-hybridized carbons (Fsp3) is 0.148. The van der Waals surface area contributed by atoms with Crippen LogP contribution in [0.25, 0.3) is 0 Å². The van der Waals surface area contributed by atoms with Crippen molar-refractivity contribution in [1.82, 2.24) is 9.78 Å². The maximum Gasteiger partial charge on any atom is 0.573 e. The molecule has 36 heavy (non-hydrogen) atoms. The summed E-state index contributed by atoms with van der Waals surface area (Å²) in [7, 11) is 0. The molecule has 184 valence electrons. The summed E-state index contributed by atoms with van der Waals surface area (Å²) in [6, 6.07) is 14.4. The van der Waals surface area contributed by atoms with Crippen LogP contribution in [0.1, 0.15) is 29.0 Å². The van der Waals surface area contributed by atoms with E-state index in [1.54, 1.807) is 22.9 Å². The molecular formula is C27H23F3N4O2. The summed E-state index contributed by atoms with van der Waals surface area (Å²) in [5.41, 5.74) is 3.20. The molecule has 0 saturated carbocycles. The van der Waals surface area contributed by atoms with Crippen molar-refractivity contribution >= 4 is 23.0 Å². The highest BCUT2D eigenvalue weighted by molar-refractivity contribution is 6.17. The summed E-state index contributed by atoms with van der Waals surface area (Å²) in [4.78, 5) is 19.9. The SMILES string of the molecule is C=C/C=C(\C=C)C(=Nc1cnn2c1C(=O)N(c1ccc(OC(F)(F)F)cc1)CC2C)c1ccccc1. The van der Waals surface area contributed by atoms with Gasteiger partial charge in [-0.05, 0) is 31.2 Å². The van der Waals surface area contributed by atoms with Gasteiger partial charge in [0.25, 0.3) is 5.91 Å². The van der Waals surface area contributed by atoms with Gasteiger partial charge in [0.05, 0.1) is 18.0 Å². The normalized spacial score (nSPS) is 16.5. The molecule has 6 nitrogen and oxygen atoms in total. The number of fused-ring (bicyclic) bond motifs is 1. The summed E-state index contributed by atoms with van der Waals surface area (Å²) < 4.78 is 43.1. The molecule has 1 aromatic heterocycles. The van der Waals surface area contributed by atoms with Crippen LogP contribution in [0, 0.1) is 0 Å². The van der Waals surface area contributed by atoms with Gasteiger partial charge in [-0.2, -0.15) is 5.10 Å².